The quantitative estimate of drug-likeness (QED) is 0.335. The highest BCUT2D eigenvalue weighted by molar-refractivity contribution is 5.82. The van der Waals surface area contributed by atoms with Crippen molar-refractivity contribution < 1.29 is 47.6 Å². The minimum Gasteiger partial charge on any atom is -0.472 e. The Kier molecular flexibility index (Phi) is 5.22. The van der Waals surface area contributed by atoms with E-state index in [1.165, 1.54) is 13.8 Å². The summed E-state index contributed by atoms with van der Waals surface area (Å²) in [5.74, 6) is -1.74. The molecular formula is C30H38O10. The van der Waals surface area contributed by atoms with Crippen molar-refractivity contribution >= 4 is 17.9 Å². The van der Waals surface area contributed by atoms with E-state index in [2.05, 4.69) is 20.8 Å². The predicted octanol–water partition coefficient (Wildman–Crippen LogP) is 3.11. The summed E-state index contributed by atoms with van der Waals surface area (Å²) in [5, 5.41) is 12.4. The Morgan fingerprint density at radius 3 is 2.40 bits per heavy atom. The maximum Gasteiger partial charge on any atom is 0.339 e. The van der Waals surface area contributed by atoms with Crippen LogP contribution in [0.1, 0.15) is 72.5 Å². The lowest BCUT2D eigenvalue weighted by molar-refractivity contribution is -0.303. The van der Waals surface area contributed by atoms with Gasteiger partial charge in [0.1, 0.15) is 23.9 Å². The number of aliphatic hydroxyl groups is 1. The maximum atomic E-state index is 13.4. The fourth-order valence-corrected chi connectivity index (χ4v) is 10.8. The zero-order chi connectivity index (χ0) is 28.6. The summed E-state index contributed by atoms with van der Waals surface area (Å²) >= 11 is 0. The average molecular weight is 559 g/mol. The molecule has 1 spiro atoms. The zero-order valence-electron chi connectivity index (χ0n) is 23.8. The molecule has 218 valence electrons. The number of carbonyl (C=O) groups is 3. The van der Waals surface area contributed by atoms with E-state index in [1.54, 1.807) is 18.6 Å². The number of epoxide rings is 1. The molecule has 13 atom stereocenters. The van der Waals surface area contributed by atoms with Crippen LogP contribution in [0.5, 0.6) is 0 Å². The first-order valence-electron chi connectivity index (χ1n) is 14.3. The van der Waals surface area contributed by atoms with E-state index in [9.17, 15) is 19.5 Å². The third kappa shape index (κ3) is 2.78. The fourth-order valence-electron chi connectivity index (χ4n) is 10.8. The highest BCUT2D eigenvalue weighted by atomic mass is 16.7. The van der Waals surface area contributed by atoms with Crippen LogP contribution in [0, 0.1) is 33.5 Å². The second kappa shape index (κ2) is 7.89. The molecule has 1 aromatic heterocycles. The molecule has 0 aromatic carbocycles. The minimum absolute atomic E-state index is 0.200. The monoisotopic (exact) mass is 558 g/mol. The molecule has 6 fully saturated rings. The first-order valence-corrected chi connectivity index (χ1v) is 14.3. The van der Waals surface area contributed by atoms with Gasteiger partial charge in [-0.1, -0.05) is 27.7 Å². The van der Waals surface area contributed by atoms with E-state index in [0.29, 0.717) is 19.3 Å². The SMILES string of the molecule is CC(=O)O[C@H]1C[C@@H](OC(C)=O)[C@@]2(C)CO[C@@H]3[C@H]2[C@@]1(C)[C@H]1CC[C@@]2(C)[C@H](c4ccoc4)OC(=O)[C@@H]4O[C@@]42[C@]1(C)[C@@H]3O. The number of carbonyl (C=O) groups excluding carboxylic acids is 3. The second-order valence-corrected chi connectivity index (χ2v) is 13.9. The van der Waals surface area contributed by atoms with Gasteiger partial charge in [-0.3, -0.25) is 9.59 Å². The second-order valence-electron chi connectivity index (χ2n) is 13.9. The Morgan fingerprint density at radius 1 is 1.05 bits per heavy atom. The molecular weight excluding hydrogens is 520 g/mol. The third-order valence-corrected chi connectivity index (χ3v) is 12.3. The number of rotatable bonds is 3. The number of esters is 3. The number of cyclic esters (lactones) is 1. The molecule has 40 heavy (non-hydrogen) atoms. The molecule has 1 aromatic rings. The maximum absolute atomic E-state index is 13.4. The molecule has 4 heterocycles. The van der Waals surface area contributed by atoms with E-state index < -0.39 is 81.8 Å². The van der Waals surface area contributed by atoms with Crippen molar-refractivity contribution in [2.75, 3.05) is 6.61 Å². The summed E-state index contributed by atoms with van der Waals surface area (Å²) in [6.07, 6.45) is 0.638. The number of fused-ring (bicyclic) bond motifs is 2. The largest absolute Gasteiger partial charge is 0.472 e. The van der Waals surface area contributed by atoms with Crippen LogP contribution in [0.2, 0.25) is 0 Å². The summed E-state index contributed by atoms with van der Waals surface area (Å²) in [5.41, 5.74) is -3.13. The lowest BCUT2D eigenvalue weighted by Gasteiger charge is -2.70. The van der Waals surface area contributed by atoms with Crippen LogP contribution in [-0.4, -0.2) is 65.7 Å². The topological polar surface area (TPSA) is 134 Å². The van der Waals surface area contributed by atoms with Crippen molar-refractivity contribution in [1.29, 1.82) is 0 Å². The van der Waals surface area contributed by atoms with Gasteiger partial charge in [0.2, 0.25) is 0 Å². The number of ether oxygens (including phenoxy) is 5. The Morgan fingerprint density at radius 2 is 1.75 bits per heavy atom. The van der Waals surface area contributed by atoms with Gasteiger partial charge in [-0.2, -0.15) is 0 Å². The van der Waals surface area contributed by atoms with Gasteiger partial charge in [-0.15, -0.1) is 0 Å². The van der Waals surface area contributed by atoms with Crippen LogP contribution in [0.3, 0.4) is 0 Å². The van der Waals surface area contributed by atoms with Gasteiger partial charge in [-0.05, 0) is 24.8 Å². The third-order valence-electron chi connectivity index (χ3n) is 12.3. The van der Waals surface area contributed by atoms with Crippen LogP contribution in [0.25, 0.3) is 0 Å². The van der Waals surface area contributed by atoms with Gasteiger partial charge in [0.15, 0.2) is 6.10 Å². The first-order chi connectivity index (χ1) is 18.8. The van der Waals surface area contributed by atoms with Crippen LogP contribution in [0.15, 0.2) is 23.0 Å². The van der Waals surface area contributed by atoms with E-state index in [4.69, 9.17) is 28.1 Å². The average Bonchev–Trinajstić information content (AvgIpc) is 3.24. The van der Waals surface area contributed by atoms with Crippen LogP contribution < -0.4 is 0 Å². The molecule has 3 aliphatic heterocycles. The number of hydrogen-bond donors (Lipinski definition) is 1. The van der Waals surface area contributed by atoms with Gasteiger partial charge in [0, 0.05) is 53.4 Å². The van der Waals surface area contributed by atoms with Crippen molar-refractivity contribution in [2.24, 2.45) is 33.5 Å². The smallest absolute Gasteiger partial charge is 0.339 e. The molecule has 3 saturated carbocycles. The fraction of sp³-hybridized carbons (Fsp3) is 0.767. The number of aliphatic hydroxyl groups excluding tert-OH is 1. The summed E-state index contributed by atoms with van der Waals surface area (Å²) in [6, 6.07) is 1.81. The Bertz CT molecular complexity index is 1280. The Hall–Kier alpha value is -2.43. The summed E-state index contributed by atoms with van der Waals surface area (Å²) in [7, 11) is 0. The zero-order valence-corrected chi connectivity index (χ0v) is 23.8. The summed E-state index contributed by atoms with van der Waals surface area (Å²) in [4.78, 5) is 38.0. The molecule has 10 heteroatoms. The van der Waals surface area contributed by atoms with Crippen molar-refractivity contribution in [3.63, 3.8) is 0 Å². The van der Waals surface area contributed by atoms with E-state index in [0.717, 1.165) is 5.56 Å². The molecule has 6 aliphatic rings. The molecule has 3 saturated heterocycles. The molecule has 0 amide bonds. The van der Waals surface area contributed by atoms with Gasteiger partial charge >= 0.3 is 17.9 Å². The van der Waals surface area contributed by atoms with Gasteiger partial charge in [0.05, 0.1) is 31.3 Å². The predicted molar refractivity (Wildman–Crippen MR) is 135 cm³/mol. The van der Waals surface area contributed by atoms with Crippen LogP contribution in [0.4, 0.5) is 0 Å². The summed E-state index contributed by atoms with van der Waals surface area (Å²) < 4.78 is 36.2. The van der Waals surface area contributed by atoms with Gasteiger partial charge in [-0.25, -0.2) is 4.79 Å². The number of hydrogen-bond acceptors (Lipinski definition) is 10. The molecule has 0 bridgehead atoms. The lowest BCUT2D eigenvalue weighted by Crippen LogP contribution is -2.77. The van der Waals surface area contributed by atoms with Crippen molar-refractivity contribution in [3.8, 4) is 0 Å². The molecule has 3 aliphatic carbocycles. The molecule has 7 rings (SSSR count). The summed E-state index contributed by atoms with van der Waals surface area (Å²) in [6.45, 7) is 11.3. The van der Waals surface area contributed by atoms with E-state index in [1.807, 2.05) is 6.92 Å². The normalized spacial score (nSPS) is 53.7. The number of furan rings is 1. The Balaban J connectivity index is 1.40. The lowest BCUT2D eigenvalue weighted by atomic mass is 9.34. The van der Waals surface area contributed by atoms with Gasteiger partial charge < -0.3 is 33.2 Å². The van der Waals surface area contributed by atoms with Crippen LogP contribution >= 0.6 is 0 Å². The Labute approximate surface area is 233 Å². The molecule has 0 unspecified atom stereocenters. The standard InChI is InChI=1S/C30H38O10/c1-14(31)37-18-11-19(38-15(2)32)28(5)17-7-9-27(4)23(16-8-10-35-12-16)39-25(34)24-30(27,40-24)29(17,6)22(33)20-21(28)26(18,3)13-36-20/h8,10,12,17-24,33H,7,9,11,13H2,1-6H3/t17-,18-,19+,20-,21-,22-,23+,24+,26-,27+,28+,29+,30+/m1/s1. The molecule has 0 radical (unpaired) electrons. The first kappa shape index (κ1) is 26.5. The highest BCUT2D eigenvalue weighted by Crippen LogP contribution is 2.81. The van der Waals surface area contributed by atoms with Crippen molar-refractivity contribution in [1.82, 2.24) is 0 Å². The highest BCUT2D eigenvalue weighted by Gasteiger charge is 2.90. The van der Waals surface area contributed by atoms with Crippen LogP contribution in [-0.2, 0) is 38.1 Å². The molecule has 1 N–H and O–H groups in total. The molecule has 10 nitrogen and oxygen atoms in total. The van der Waals surface area contributed by atoms with E-state index >= 15 is 0 Å². The van der Waals surface area contributed by atoms with Crippen molar-refractivity contribution in [2.45, 2.75) is 103 Å². The van der Waals surface area contributed by atoms with Crippen molar-refractivity contribution in [3.05, 3.63) is 24.2 Å². The van der Waals surface area contributed by atoms with E-state index in [-0.39, 0.29) is 18.4 Å². The van der Waals surface area contributed by atoms with Gasteiger partial charge in [0.25, 0.3) is 0 Å². The minimum atomic E-state index is -1.02.